The van der Waals surface area contributed by atoms with Crippen LogP contribution in [-0.4, -0.2) is 53.4 Å². The summed E-state index contributed by atoms with van der Waals surface area (Å²) < 4.78 is 31.5. The first-order chi connectivity index (χ1) is 15.9. The predicted octanol–water partition coefficient (Wildman–Crippen LogP) is 2.72. The molecule has 0 fully saturated rings. The summed E-state index contributed by atoms with van der Waals surface area (Å²) >= 11 is 6.29. The smallest absolute Gasteiger partial charge is 0.321 e. The zero-order chi connectivity index (χ0) is 25.2. The Morgan fingerprint density at radius 3 is 2.44 bits per heavy atom. The van der Waals surface area contributed by atoms with Gasteiger partial charge in [-0.05, 0) is 50.6 Å². The van der Waals surface area contributed by atoms with Gasteiger partial charge in [-0.2, -0.15) is 0 Å². The molecule has 0 bridgehead atoms. The molecular weight excluding hydrogens is 482 g/mol. The zero-order valence-electron chi connectivity index (χ0n) is 19.2. The number of esters is 1. The molecular formula is C23H26ClN3O6S. The minimum atomic E-state index is -3.90. The third-order valence-corrected chi connectivity index (χ3v) is 7.03. The molecule has 182 valence electrons. The highest BCUT2D eigenvalue weighted by atomic mass is 35.5. The van der Waals surface area contributed by atoms with E-state index in [-0.39, 0.29) is 4.90 Å². The van der Waals surface area contributed by atoms with Gasteiger partial charge in [0.15, 0.2) is 15.6 Å². The van der Waals surface area contributed by atoms with Crippen LogP contribution in [0.15, 0.2) is 41.3 Å². The Labute approximate surface area is 202 Å². The Balaban J connectivity index is 1.79. The summed E-state index contributed by atoms with van der Waals surface area (Å²) in [6.07, 6.45) is -0.420. The number of aryl methyl sites for hydroxylation is 2. The van der Waals surface area contributed by atoms with Gasteiger partial charge < -0.3 is 19.7 Å². The summed E-state index contributed by atoms with van der Waals surface area (Å²) in [5, 5.41) is 13.7. The summed E-state index contributed by atoms with van der Waals surface area (Å²) in [4.78, 5) is 29.1. The number of pyridine rings is 1. The van der Waals surface area contributed by atoms with E-state index in [1.54, 1.807) is 44.5 Å². The molecule has 0 spiro atoms. The van der Waals surface area contributed by atoms with Gasteiger partial charge in [0.2, 0.25) is 0 Å². The number of amides is 1. The molecule has 11 heteroatoms. The van der Waals surface area contributed by atoms with Crippen molar-refractivity contribution in [3.63, 3.8) is 0 Å². The molecule has 3 aromatic rings. The maximum absolute atomic E-state index is 12.9. The van der Waals surface area contributed by atoms with Crippen molar-refractivity contribution in [3.05, 3.63) is 58.4 Å². The number of sulfone groups is 1. The predicted molar refractivity (Wildman–Crippen MR) is 127 cm³/mol. The van der Waals surface area contributed by atoms with Crippen LogP contribution < -0.4 is 5.32 Å². The minimum Gasteiger partial charge on any atom is -0.462 e. The average Bonchev–Trinajstić information content (AvgIpc) is 3.08. The van der Waals surface area contributed by atoms with Gasteiger partial charge in [-0.25, -0.2) is 13.4 Å². The van der Waals surface area contributed by atoms with Gasteiger partial charge in [-0.1, -0.05) is 23.7 Å². The van der Waals surface area contributed by atoms with Gasteiger partial charge in [-0.3, -0.25) is 9.59 Å². The maximum Gasteiger partial charge on any atom is 0.321 e. The highest BCUT2D eigenvalue weighted by Crippen LogP contribution is 2.26. The van der Waals surface area contributed by atoms with Gasteiger partial charge in [-0.15, -0.1) is 0 Å². The summed E-state index contributed by atoms with van der Waals surface area (Å²) in [6, 6.07) is 8.14. The first kappa shape index (κ1) is 25.7. The molecule has 0 saturated carbocycles. The number of aliphatic hydroxyl groups is 1. The fourth-order valence-electron chi connectivity index (χ4n) is 3.49. The normalized spacial score (nSPS) is 12.7. The van der Waals surface area contributed by atoms with Crippen molar-refractivity contribution < 1.29 is 27.9 Å². The second-order valence-electron chi connectivity index (χ2n) is 8.15. The number of aromatic nitrogens is 2. The van der Waals surface area contributed by atoms with Crippen LogP contribution in [0, 0.1) is 6.92 Å². The van der Waals surface area contributed by atoms with E-state index in [9.17, 15) is 23.1 Å². The van der Waals surface area contributed by atoms with Crippen LogP contribution in [0.4, 0.5) is 0 Å². The third-order valence-electron chi connectivity index (χ3n) is 5.11. The molecule has 2 heterocycles. The number of carbonyl (C=O) groups excluding carboxylic acids is 2. The number of hydrogen-bond donors (Lipinski definition) is 2. The summed E-state index contributed by atoms with van der Waals surface area (Å²) in [5.41, 5.74) is 2.06. The number of carbonyl (C=O) groups is 2. The van der Waals surface area contributed by atoms with Crippen molar-refractivity contribution in [1.82, 2.24) is 14.9 Å². The molecule has 0 aliphatic heterocycles. The summed E-state index contributed by atoms with van der Waals surface area (Å²) in [5.74, 6) is -2.07. The Morgan fingerprint density at radius 1 is 1.21 bits per heavy atom. The van der Waals surface area contributed by atoms with Gasteiger partial charge in [0.1, 0.15) is 11.3 Å². The number of ether oxygens (including phenoxy) is 1. The number of nitrogens with one attached hydrogen (secondary N) is 1. The van der Waals surface area contributed by atoms with E-state index in [1.165, 1.54) is 24.3 Å². The minimum absolute atomic E-state index is 0.0651. The van der Waals surface area contributed by atoms with E-state index in [0.717, 1.165) is 0 Å². The number of nitrogens with zero attached hydrogens (tertiary/aromatic N) is 2. The Morgan fingerprint density at radius 2 is 1.85 bits per heavy atom. The Kier molecular flexibility index (Phi) is 7.64. The fourth-order valence-corrected chi connectivity index (χ4v) is 4.88. The largest absolute Gasteiger partial charge is 0.462 e. The van der Waals surface area contributed by atoms with E-state index in [2.05, 4.69) is 10.3 Å². The molecule has 2 N–H and O–H groups in total. The van der Waals surface area contributed by atoms with Crippen LogP contribution in [-0.2, 0) is 26.4 Å². The standard InChI is InChI=1S/C23H26ClN3O6S/c1-13(2)33-21(29)12-34(31,32)16-7-5-15(6-8-16)19(11-28)26-23(30)20-10-17-18(24)9-14(3)25-22(17)27(20)4/h5-10,13,19,28H,11-12H2,1-4H3,(H,26,30). The lowest BCUT2D eigenvalue weighted by molar-refractivity contribution is -0.144. The third kappa shape index (κ3) is 5.57. The Bertz CT molecular complexity index is 1330. The molecule has 1 atom stereocenters. The number of hydrogen-bond acceptors (Lipinski definition) is 7. The molecule has 34 heavy (non-hydrogen) atoms. The summed E-state index contributed by atoms with van der Waals surface area (Å²) in [6.45, 7) is 4.65. The average molecular weight is 508 g/mol. The molecule has 0 aliphatic rings. The van der Waals surface area contributed by atoms with Gasteiger partial charge >= 0.3 is 5.97 Å². The van der Waals surface area contributed by atoms with Crippen molar-refractivity contribution in [1.29, 1.82) is 0 Å². The van der Waals surface area contributed by atoms with Crippen LogP contribution in [0.3, 0.4) is 0 Å². The van der Waals surface area contributed by atoms with Crippen molar-refractivity contribution in [3.8, 4) is 0 Å². The highest BCUT2D eigenvalue weighted by molar-refractivity contribution is 7.92. The summed E-state index contributed by atoms with van der Waals surface area (Å²) in [7, 11) is -2.20. The zero-order valence-corrected chi connectivity index (χ0v) is 20.8. The lowest BCUT2D eigenvalue weighted by Crippen LogP contribution is -2.32. The Hall–Kier alpha value is -2.95. The van der Waals surface area contributed by atoms with E-state index in [0.29, 0.717) is 33.0 Å². The van der Waals surface area contributed by atoms with Crippen LogP contribution in [0.1, 0.15) is 41.6 Å². The second-order valence-corrected chi connectivity index (χ2v) is 10.5. The molecule has 9 nitrogen and oxygen atoms in total. The van der Waals surface area contributed by atoms with E-state index in [1.807, 2.05) is 0 Å². The number of rotatable bonds is 8. The van der Waals surface area contributed by atoms with Crippen molar-refractivity contribution in [2.45, 2.75) is 37.8 Å². The van der Waals surface area contributed by atoms with Gasteiger partial charge in [0, 0.05) is 18.1 Å². The number of benzene rings is 1. The SMILES string of the molecule is Cc1cc(Cl)c2cc(C(=O)NC(CO)c3ccc(S(=O)(=O)CC(=O)OC(C)C)cc3)n(C)c2n1. The van der Waals surface area contributed by atoms with E-state index >= 15 is 0 Å². The number of fused-ring (bicyclic) bond motifs is 1. The number of halogens is 1. The van der Waals surface area contributed by atoms with Crippen LogP contribution in [0.2, 0.25) is 5.02 Å². The highest BCUT2D eigenvalue weighted by Gasteiger charge is 2.23. The lowest BCUT2D eigenvalue weighted by Gasteiger charge is -2.17. The molecule has 1 amide bonds. The van der Waals surface area contributed by atoms with Crippen LogP contribution in [0.5, 0.6) is 0 Å². The first-order valence-electron chi connectivity index (χ1n) is 10.5. The van der Waals surface area contributed by atoms with Gasteiger partial charge in [0.05, 0.1) is 28.7 Å². The van der Waals surface area contributed by atoms with Crippen LogP contribution >= 0.6 is 11.6 Å². The quantitative estimate of drug-likeness (QED) is 0.448. The monoisotopic (exact) mass is 507 g/mol. The van der Waals surface area contributed by atoms with Crippen molar-refractivity contribution in [2.75, 3.05) is 12.4 Å². The number of aliphatic hydroxyl groups excluding tert-OH is 1. The van der Waals surface area contributed by atoms with E-state index < -0.39 is 46.2 Å². The molecule has 2 aromatic heterocycles. The molecule has 0 radical (unpaired) electrons. The molecule has 0 saturated heterocycles. The fraction of sp³-hybridized carbons (Fsp3) is 0.348. The molecule has 3 rings (SSSR count). The molecule has 1 unspecified atom stereocenters. The topological polar surface area (TPSA) is 128 Å². The molecule has 1 aromatic carbocycles. The maximum atomic E-state index is 12.9. The van der Waals surface area contributed by atoms with Crippen molar-refractivity contribution >= 4 is 44.3 Å². The molecule has 0 aliphatic carbocycles. The lowest BCUT2D eigenvalue weighted by atomic mass is 10.1. The van der Waals surface area contributed by atoms with E-state index in [4.69, 9.17) is 16.3 Å². The first-order valence-corrected chi connectivity index (χ1v) is 12.5. The second kappa shape index (κ2) is 10.1. The van der Waals surface area contributed by atoms with Crippen molar-refractivity contribution in [2.24, 2.45) is 7.05 Å². The van der Waals surface area contributed by atoms with Gasteiger partial charge in [0.25, 0.3) is 5.91 Å². The van der Waals surface area contributed by atoms with Crippen LogP contribution in [0.25, 0.3) is 11.0 Å².